The van der Waals surface area contributed by atoms with Crippen LogP contribution in [0, 0.1) is 11.6 Å². The zero-order valence-corrected chi connectivity index (χ0v) is 15.4. The van der Waals surface area contributed by atoms with Crippen molar-refractivity contribution in [1.29, 1.82) is 0 Å². The maximum absolute atomic E-state index is 13.8. The van der Waals surface area contributed by atoms with Crippen molar-refractivity contribution >= 4 is 33.2 Å². The molecule has 1 aromatic carbocycles. The number of aromatic nitrogens is 1. The number of fused-ring (bicyclic) bond motifs is 1. The van der Waals surface area contributed by atoms with E-state index in [1.165, 1.54) is 17.4 Å². The third-order valence-electron chi connectivity index (χ3n) is 3.90. The van der Waals surface area contributed by atoms with E-state index in [4.69, 9.17) is 4.74 Å². The van der Waals surface area contributed by atoms with Gasteiger partial charge in [-0.1, -0.05) is 6.08 Å². The van der Waals surface area contributed by atoms with Gasteiger partial charge in [0.1, 0.15) is 21.9 Å². The Bertz CT molecular complexity index is 855. The number of benzene rings is 1. The summed E-state index contributed by atoms with van der Waals surface area (Å²) in [6, 6.07) is 2.07. The van der Waals surface area contributed by atoms with Crippen molar-refractivity contribution in [3.8, 4) is 0 Å². The smallest absolute Gasteiger partial charge is 0.410 e. The largest absolute Gasteiger partial charge is 0.444 e. The normalized spacial score (nSPS) is 18.4. The number of carbonyl (C=O) groups excluding carboxylic acids is 1. The van der Waals surface area contributed by atoms with E-state index in [2.05, 4.69) is 4.98 Å². The molecule has 3 rings (SSSR count). The van der Waals surface area contributed by atoms with E-state index in [9.17, 15) is 13.6 Å². The van der Waals surface area contributed by atoms with E-state index in [-0.39, 0.29) is 17.7 Å². The molecular formula is C18H20F2N2O2S. The lowest BCUT2D eigenvalue weighted by Gasteiger charge is -2.34. The first-order valence-electron chi connectivity index (χ1n) is 8.08. The Morgan fingerprint density at radius 3 is 2.72 bits per heavy atom. The van der Waals surface area contributed by atoms with E-state index >= 15 is 0 Å². The number of halogens is 2. The standard InChI is InChI=1S/C18H20F2N2O2S/c1-10-7-11(5-6-22(10)17(23)24-18(2,3)4)16-21-15-13(20)8-12(19)9-14(15)25-16/h5,8-10H,6-7H2,1-4H3. The monoisotopic (exact) mass is 366 g/mol. The van der Waals surface area contributed by atoms with Crippen LogP contribution in [-0.2, 0) is 4.74 Å². The van der Waals surface area contributed by atoms with Gasteiger partial charge in [-0.05, 0) is 45.8 Å². The molecule has 1 atom stereocenters. The Hall–Kier alpha value is -2.02. The van der Waals surface area contributed by atoms with Crippen LogP contribution in [0.5, 0.6) is 0 Å². The zero-order valence-electron chi connectivity index (χ0n) is 14.6. The van der Waals surface area contributed by atoms with E-state index in [0.29, 0.717) is 22.7 Å². The Morgan fingerprint density at radius 2 is 2.08 bits per heavy atom. The van der Waals surface area contributed by atoms with Crippen LogP contribution in [0.1, 0.15) is 39.1 Å². The van der Waals surface area contributed by atoms with Crippen molar-refractivity contribution in [3.63, 3.8) is 0 Å². The van der Waals surface area contributed by atoms with E-state index < -0.39 is 17.2 Å². The van der Waals surface area contributed by atoms with Crippen LogP contribution in [0.15, 0.2) is 18.2 Å². The molecule has 0 N–H and O–H groups in total. The SMILES string of the molecule is CC1CC(c2nc3c(F)cc(F)cc3s2)=CCN1C(=O)OC(C)(C)C. The number of ether oxygens (including phenoxy) is 1. The van der Waals surface area contributed by atoms with Gasteiger partial charge in [0.05, 0.1) is 4.70 Å². The number of carbonyl (C=O) groups is 1. The minimum absolute atomic E-state index is 0.0663. The molecule has 2 heterocycles. The molecule has 2 aromatic rings. The van der Waals surface area contributed by atoms with Crippen LogP contribution in [-0.4, -0.2) is 34.2 Å². The molecule has 0 saturated heterocycles. The third-order valence-corrected chi connectivity index (χ3v) is 4.98. The van der Waals surface area contributed by atoms with E-state index in [1.54, 1.807) is 4.90 Å². The number of nitrogens with zero attached hydrogens (tertiary/aromatic N) is 2. The molecule has 25 heavy (non-hydrogen) atoms. The fraction of sp³-hybridized carbons (Fsp3) is 0.444. The predicted molar refractivity (Wildman–Crippen MR) is 94.5 cm³/mol. The van der Waals surface area contributed by atoms with Gasteiger partial charge in [-0.3, -0.25) is 0 Å². The van der Waals surface area contributed by atoms with Crippen molar-refractivity contribution in [1.82, 2.24) is 9.88 Å². The maximum Gasteiger partial charge on any atom is 0.410 e. The molecule has 1 aromatic heterocycles. The molecule has 0 spiro atoms. The fourth-order valence-corrected chi connectivity index (χ4v) is 3.80. The van der Waals surface area contributed by atoms with Crippen molar-refractivity contribution in [3.05, 3.63) is 34.9 Å². The molecule has 1 aliphatic heterocycles. The zero-order chi connectivity index (χ0) is 18.4. The summed E-state index contributed by atoms with van der Waals surface area (Å²) in [6.45, 7) is 7.82. The molecule has 1 amide bonds. The molecule has 4 nitrogen and oxygen atoms in total. The van der Waals surface area contributed by atoms with Gasteiger partial charge in [0.25, 0.3) is 0 Å². The molecule has 0 saturated carbocycles. The lowest BCUT2D eigenvalue weighted by Crippen LogP contribution is -2.44. The molecular weight excluding hydrogens is 346 g/mol. The first-order valence-corrected chi connectivity index (χ1v) is 8.90. The Morgan fingerprint density at radius 1 is 1.36 bits per heavy atom. The predicted octanol–water partition coefficient (Wildman–Crippen LogP) is 4.99. The summed E-state index contributed by atoms with van der Waals surface area (Å²) in [5.74, 6) is -1.26. The van der Waals surface area contributed by atoms with Gasteiger partial charge in [-0.2, -0.15) is 0 Å². The highest BCUT2D eigenvalue weighted by atomic mass is 32.1. The van der Waals surface area contributed by atoms with Crippen molar-refractivity contribution in [2.75, 3.05) is 6.54 Å². The summed E-state index contributed by atoms with van der Waals surface area (Å²) < 4.78 is 33.1. The summed E-state index contributed by atoms with van der Waals surface area (Å²) in [7, 11) is 0. The molecule has 1 aliphatic rings. The summed E-state index contributed by atoms with van der Waals surface area (Å²) >= 11 is 1.26. The quantitative estimate of drug-likeness (QED) is 0.714. The van der Waals surface area contributed by atoms with Gasteiger partial charge in [-0.25, -0.2) is 18.6 Å². The van der Waals surface area contributed by atoms with Crippen molar-refractivity contribution in [2.24, 2.45) is 0 Å². The minimum Gasteiger partial charge on any atom is -0.444 e. The molecule has 7 heteroatoms. The van der Waals surface area contributed by atoms with Gasteiger partial charge in [0, 0.05) is 18.7 Å². The van der Waals surface area contributed by atoms with Crippen LogP contribution in [0.4, 0.5) is 13.6 Å². The summed E-state index contributed by atoms with van der Waals surface area (Å²) in [4.78, 5) is 18.2. The molecule has 1 unspecified atom stereocenters. The first kappa shape index (κ1) is 17.8. The second-order valence-electron chi connectivity index (χ2n) is 7.17. The highest BCUT2D eigenvalue weighted by molar-refractivity contribution is 7.19. The van der Waals surface area contributed by atoms with Crippen LogP contribution in [0.2, 0.25) is 0 Å². The second-order valence-corrected chi connectivity index (χ2v) is 8.20. The van der Waals surface area contributed by atoms with E-state index in [1.807, 2.05) is 33.8 Å². The Kier molecular flexibility index (Phi) is 4.53. The third kappa shape index (κ3) is 3.81. The topological polar surface area (TPSA) is 42.4 Å². The van der Waals surface area contributed by atoms with Gasteiger partial charge < -0.3 is 9.64 Å². The number of hydrogen-bond donors (Lipinski definition) is 0. The molecule has 0 bridgehead atoms. The molecule has 0 fully saturated rings. The Labute approximate surface area is 149 Å². The maximum atomic E-state index is 13.8. The molecule has 0 radical (unpaired) electrons. The number of amides is 1. The van der Waals surface area contributed by atoms with Gasteiger partial charge in [0.2, 0.25) is 0 Å². The number of thiazole rings is 1. The average Bonchev–Trinajstić information content (AvgIpc) is 2.89. The number of hydrogen-bond acceptors (Lipinski definition) is 4. The number of rotatable bonds is 1. The molecule has 134 valence electrons. The highest BCUT2D eigenvalue weighted by Gasteiger charge is 2.29. The van der Waals surface area contributed by atoms with Gasteiger partial charge >= 0.3 is 6.09 Å². The van der Waals surface area contributed by atoms with Gasteiger partial charge in [-0.15, -0.1) is 11.3 Å². The fourth-order valence-electron chi connectivity index (χ4n) is 2.74. The van der Waals surface area contributed by atoms with Gasteiger partial charge in [0.15, 0.2) is 5.82 Å². The lowest BCUT2D eigenvalue weighted by atomic mass is 10.0. The summed E-state index contributed by atoms with van der Waals surface area (Å²) in [6.07, 6.45) is 2.13. The van der Waals surface area contributed by atoms with E-state index in [0.717, 1.165) is 11.6 Å². The van der Waals surface area contributed by atoms with Crippen LogP contribution >= 0.6 is 11.3 Å². The minimum atomic E-state index is -0.655. The Balaban J connectivity index is 1.84. The average molecular weight is 366 g/mol. The first-order chi connectivity index (χ1) is 11.6. The van der Waals surface area contributed by atoms with Crippen LogP contribution < -0.4 is 0 Å². The summed E-state index contributed by atoms with van der Waals surface area (Å²) in [5.41, 5.74) is 0.577. The van der Waals surface area contributed by atoms with Crippen molar-refractivity contribution < 1.29 is 18.3 Å². The second kappa shape index (κ2) is 6.37. The van der Waals surface area contributed by atoms with Crippen LogP contribution in [0.3, 0.4) is 0 Å². The lowest BCUT2D eigenvalue weighted by molar-refractivity contribution is 0.0199. The summed E-state index contributed by atoms with van der Waals surface area (Å²) in [5, 5.41) is 0.662. The van der Waals surface area contributed by atoms with Crippen molar-refractivity contribution in [2.45, 2.75) is 45.8 Å². The highest BCUT2D eigenvalue weighted by Crippen LogP contribution is 2.34. The van der Waals surface area contributed by atoms with Crippen LogP contribution in [0.25, 0.3) is 15.8 Å². The molecule has 0 aliphatic carbocycles.